The van der Waals surface area contributed by atoms with Gasteiger partial charge in [-0.1, -0.05) is 12.8 Å². The number of tetrazole rings is 1. The van der Waals surface area contributed by atoms with Gasteiger partial charge in [-0.25, -0.2) is 4.68 Å². The average molecular weight is 317 g/mol. The molecule has 1 fully saturated rings. The van der Waals surface area contributed by atoms with Crippen LogP contribution >= 0.6 is 11.3 Å². The summed E-state index contributed by atoms with van der Waals surface area (Å²) in [5, 5.41) is 14.1. The largest absolute Gasteiger partial charge is 0.336 e. The Morgan fingerprint density at radius 3 is 3.09 bits per heavy atom. The van der Waals surface area contributed by atoms with E-state index >= 15 is 0 Å². The summed E-state index contributed by atoms with van der Waals surface area (Å²) in [6.45, 7) is 1.78. The van der Waals surface area contributed by atoms with Gasteiger partial charge in [-0.2, -0.15) is 0 Å². The predicted molar refractivity (Wildman–Crippen MR) is 82.5 cm³/mol. The van der Waals surface area contributed by atoms with Crippen LogP contribution in [0.5, 0.6) is 0 Å². The highest BCUT2D eigenvalue weighted by Crippen LogP contribution is 2.32. The summed E-state index contributed by atoms with van der Waals surface area (Å²) in [6, 6.07) is 2.13. The number of rotatable bonds is 3. The lowest BCUT2D eigenvalue weighted by molar-refractivity contribution is -0.133. The van der Waals surface area contributed by atoms with E-state index in [0.29, 0.717) is 5.92 Å². The van der Waals surface area contributed by atoms with Crippen LogP contribution in [0, 0.1) is 0 Å². The van der Waals surface area contributed by atoms with Gasteiger partial charge in [-0.3, -0.25) is 4.79 Å². The summed E-state index contributed by atoms with van der Waals surface area (Å²) in [5.74, 6) is 1.43. The van der Waals surface area contributed by atoms with E-state index in [-0.39, 0.29) is 12.5 Å². The van der Waals surface area contributed by atoms with Gasteiger partial charge in [0.25, 0.3) is 0 Å². The van der Waals surface area contributed by atoms with Crippen molar-refractivity contribution >= 4 is 17.2 Å². The fraction of sp³-hybridized carbons (Fsp3) is 0.600. The smallest absolute Gasteiger partial charge is 0.244 e. The molecular weight excluding hydrogens is 298 g/mol. The van der Waals surface area contributed by atoms with E-state index in [4.69, 9.17) is 0 Å². The second kappa shape index (κ2) is 5.79. The minimum Gasteiger partial charge on any atom is -0.336 e. The summed E-state index contributed by atoms with van der Waals surface area (Å²) in [6.07, 6.45) is 5.70. The van der Waals surface area contributed by atoms with E-state index in [1.54, 1.807) is 16.0 Å². The normalized spacial score (nSPS) is 18.6. The molecule has 0 saturated heterocycles. The fourth-order valence-electron chi connectivity index (χ4n) is 3.49. The third-order valence-electron chi connectivity index (χ3n) is 4.73. The minimum atomic E-state index is 0.114. The van der Waals surface area contributed by atoms with Gasteiger partial charge >= 0.3 is 0 Å². The molecule has 2 aliphatic rings. The molecule has 0 N–H and O–H groups in total. The van der Waals surface area contributed by atoms with E-state index < -0.39 is 0 Å². The number of carbonyl (C=O) groups excluding carboxylic acids is 1. The van der Waals surface area contributed by atoms with Crippen LogP contribution in [0.4, 0.5) is 0 Å². The number of nitrogens with zero attached hydrogens (tertiary/aromatic N) is 5. The molecule has 0 radical (unpaired) electrons. The Labute approximate surface area is 133 Å². The van der Waals surface area contributed by atoms with Gasteiger partial charge in [0.15, 0.2) is 5.82 Å². The number of thiophene rings is 1. The summed E-state index contributed by atoms with van der Waals surface area (Å²) in [7, 11) is 0. The summed E-state index contributed by atoms with van der Waals surface area (Å²) >= 11 is 1.79. The number of hydrogen-bond donors (Lipinski definition) is 0. The summed E-state index contributed by atoms with van der Waals surface area (Å²) < 4.78 is 1.71. The van der Waals surface area contributed by atoms with Gasteiger partial charge in [-0.15, -0.1) is 16.4 Å². The van der Waals surface area contributed by atoms with Crippen LogP contribution in [0.3, 0.4) is 0 Å². The molecule has 7 heteroatoms. The molecule has 0 atom stereocenters. The maximum atomic E-state index is 12.6. The molecule has 0 aromatic carbocycles. The van der Waals surface area contributed by atoms with Gasteiger partial charge in [0, 0.05) is 23.9 Å². The van der Waals surface area contributed by atoms with E-state index in [1.807, 2.05) is 4.90 Å². The summed E-state index contributed by atoms with van der Waals surface area (Å²) in [4.78, 5) is 15.9. The molecule has 3 heterocycles. The van der Waals surface area contributed by atoms with Gasteiger partial charge in [0.1, 0.15) is 6.54 Å². The summed E-state index contributed by atoms with van der Waals surface area (Å²) in [5.41, 5.74) is 1.29. The maximum absolute atomic E-state index is 12.6. The van der Waals surface area contributed by atoms with Crippen molar-refractivity contribution in [2.24, 2.45) is 0 Å². The molecule has 22 heavy (non-hydrogen) atoms. The molecule has 116 valence electrons. The second-order valence-electron chi connectivity index (χ2n) is 6.11. The number of amides is 1. The SMILES string of the molecule is O=C(Cn1nnnc1C1CCCC1)N1CCc2sccc2C1. The second-order valence-corrected chi connectivity index (χ2v) is 7.11. The lowest BCUT2D eigenvalue weighted by Gasteiger charge is -2.27. The first-order chi connectivity index (χ1) is 10.8. The van der Waals surface area contributed by atoms with Crippen LogP contribution in [0.15, 0.2) is 11.4 Å². The zero-order valence-corrected chi connectivity index (χ0v) is 13.3. The Morgan fingerprint density at radius 2 is 2.23 bits per heavy atom. The molecule has 2 aromatic heterocycles. The number of hydrogen-bond acceptors (Lipinski definition) is 5. The average Bonchev–Trinajstić information content (AvgIpc) is 3.27. The molecule has 0 unspecified atom stereocenters. The molecule has 1 aliphatic carbocycles. The quantitative estimate of drug-likeness (QED) is 0.868. The monoisotopic (exact) mass is 317 g/mol. The standard InChI is InChI=1S/C15H19N5OS/c21-14(19-7-5-13-12(9-19)6-8-22-13)10-20-15(16-17-18-20)11-3-1-2-4-11/h6,8,11H,1-5,7,9-10H2. The Kier molecular flexibility index (Phi) is 3.65. The van der Waals surface area contributed by atoms with Crippen molar-refractivity contribution < 1.29 is 4.79 Å². The van der Waals surface area contributed by atoms with Crippen LogP contribution in [0.2, 0.25) is 0 Å². The first-order valence-corrected chi connectivity index (χ1v) is 8.78. The molecule has 1 aliphatic heterocycles. The Balaban J connectivity index is 1.45. The van der Waals surface area contributed by atoms with Crippen molar-refractivity contribution in [1.82, 2.24) is 25.1 Å². The Morgan fingerprint density at radius 1 is 1.36 bits per heavy atom. The van der Waals surface area contributed by atoms with Crippen LogP contribution in [-0.4, -0.2) is 37.6 Å². The molecular formula is C15H19N5OS. The zero-order valence-electron chi connectivity index (χ0n) is 12.4. The third-order valence-corrected chi connectivity index (χ3v) is 5.75. The van der Waals surface area contributed by atoms with Crippen molar-refractivity contribution in [2.45, 2.75) is 51.1 Å². The zero-order chi connectivity index (χ0) is 14.9. The molecule has 0 bridgehead atoms. The van der Waals surface area contributed by atoms with Crippen molar-refractivity contribution in [3.63, 3.8) is 0 Å². The number of fused-ring (bicyclic) bond motifs is 1. The van der Waals surface area contributed by atoms with Crippen molar-refractivity contribution in [1.29, 1.82) is 0 Å². The van der Waals surface area contributed by atoms with Crippen molar-refractivity contribution in [2.75, 3.05) is 6.54 Å². The molecule has 1 amide bonds. The van der Waals surface area contributed by atoms with E-state index in [2.05, 4.69) is 27.0 Å². The van der Waals surface area contributed by atoms with Crippen molar-refractivity contribution in [3.05, 3.63) is 27.7 Å². The first kappa shape index (κ1) is 13.9. The molecule has 4 rings (SSSR count). The first-order valence-electron chi connectivity index (χ1n) is 7.90. The topological polar surface area (TPSA) is 63.9 Å². The van der Waals surface area contributed by atoms with Gasteiger partial charge < -0.3 is 4.90 Å². The Hall–Kier alpha value is -1.76. The fourth-order valence-corrected chi connectivity index (χ4v) is 4.38. The van der Waals surface area contributed by atoms with Gasteiger partial charge in [0.2, 0.25) is 5.91 Å². The van der Waals surface area contributed by atoms with Gasteiger partial charge in [-0.05, 0) is 46.7 Å². The molecule has 1 saturated carbocycles. The number of aromatic nitrogens is 4. The lowest BCUT2D eigenvalue weighted by Crippen LogP contribution is -2.38. The lowest BCUT2D eigenvalue weighted by atomic mass is 10.1. The third kappa shape index (κ3) is 2.54. The van der Waals surface area contributed by atoms with Crippen LogP contribution < -0.4 is 0 Å². The number of carbonyl (C=O) groups is 1. The highest BCUT2D eigenvalue weighted by Gasteiger charge is 2.26. The highest BCUT2D eigenvalue weighted by atomic mass is 32.1. The van der Waals surface area contributed by atoms with Crippen molar-refractivity contribution in [3.8, 4) is 0 Å². The van der Waals surface area contributed by atoms with E-state index in [0.717, 1.165) is 38.2 Å². The molecule has 2 aromatic rings. The Bertz CT molecular complexity index is 673. The molecule has 0 spiro atoms. The van der Waals surface area contributed by atoms with Crippen LogP contribution in [0.1, 0.15) is 47.9 Å². The molecule has 6 nitrogen and oxygen atoms in total. The highest BCUT2D eigenvalue weighted by molar-refractivity contribution is 7.10. The maximum Gasteiger partial charge on any atom is 0.244 e. The minimum absolute atomic E-state index is 0.114. The predicted octanol–water partition coefficient (Wildman–Crippen LogP) is 1.98. The van der Waals surface area contributed by atoms with Gasteiger partial charge in [0.05, 0.1) is 0 Å². The van der Waals surface area contributed by atoms with Crippen LogP contribution in [-0.2, 0) is 24.3 Å². The van der Waals surface area contributed by atoms with E-state index in [1.165, 1.54) is 23.3 Å². The van der Waals surface area contributed by atoms with Crippen LogP contribution in [0.25, 0.3) is 0 Å². The van der Waals surface area contributed by atoms with E-state index in [9.17, 15) is 4.79 Å².